The quantitative estimate of drug-likeness (QED) is 0.613. The molecule has 0 amide bonds. The second kappa shape index (κ2) is 3.95. The third-order valence-electron chi connectivity index (χ3n) is 2.27. The minimum Gasteiger partial charge on any atom is -0.126 e. The summed E-state index contributed by atoms with van der Waals surface area (Å²) >= 11 is 5.75. The van der Waals surface area contributed by atoms with Crippen LogP contribution in [0.25, 0.3) is 0 Å². The van der Waals surface area contributed by atoms with Gasteiger partial charge in [0.05, 0.1) is 0 Å². The van der Waals surface area contributed by atoms with Crippen molar-refractivity contribution in [3.05, 3.63) is 41.8 Å². The zero-order chi connectivity index (χ0) is 9.14. The maximum absolute atomic E-state index is 5.75. The van der Waals surface area contributed by atoms with Crippen LogP contribution in [-0.2, 0) is 0 Å². The molecule has 1 aromatic rings. The Hall–Kier alpha value is -0.490. The molecule has 1 radical (unpaired) electrons. The van der Waals surface area contributed by atoms with Gasteiger partial charge in [-0.05, 0) is 43.4 Å². The van der Waals surface area contributed by atoms with Crippen molar-refractivity contribution in [3.63, 3.8) is 0 Å². The molecule has 0 aromatic heterocycles. The maximum Gasteiger partial charge on any atom is 0.0292 e. The highest BCUT2D eigenvalue weighted by Crippen LogP contribution is 2.22. The topological polar surface area (TPSA) is 0 Å². The van der Waals surface area contributed by atoms with Gasteiger partial charge in [-0.1, -0.05) is 18.2 Å². The number of benzene rings is 1. The van der Waals surface area contributed by atoms with E-state index in [0.717, 1.165) is 0 Å². The summed E-state index contributed by atoms with van der Waals surface area (Å²) in [5.74, 6) is 0.802. The van der Waals surface area contributed by atoms with Crippen LogP contribution in [0.15, 0.2) is 18.2 Å². The molecule has 0 saturated carbocycles. The average Bonchev–Trinajstić information content (AvgIpc) is 2.08. The van der Waals surface area contributed by atoms with E-state index in [1.165, 1.54) is 16.7 Å². The largest absolute Gasteiger partial charge is 0.126 e. The zero-order valence-corrected chi connectivity index (χ0v) is 8.36. The molecule has 1 heteroatoms. The van der Waals surface area contributed by atoms with E-state index in [2.05, 4.69) is 39.0 Å². The van der Waals surface area contributed by atoms with Crippen LogP contribution >= 0.6 is 11.6 Å². The molecule has 12 heavy (non-hydrogen) atoms. The Morgan fingerprint density at radius 2 is 2.08 bits per heavy atom. The number of halogens is 1. The third kappa shape index (κ3) is 1.81. The van der Waals surface area contributed by atoms with E-state index < -0.39 is 0 Å². The van der Waals surface area contributed by atoms with Crippen molar-refractivity contribution in [2.75, 3.05) is 5.88 Å². The number of hydrogen-bond acceptors (Lipinski definition) is 0. The van der Waals surface area contributed by atoms with Crippen molar-refractivity contribution < 1.29 is 0 Å². The van der Waals surface area contributed by atoms with Crippen molar-refractivity contribution in [1.82, 2.24) is 0 Å². The minimum atomic E-state index is 0.214. The van der Waals surface area contributed by atoms with Crippen LogP contribution in [0.4, 0.5) is 0 Å². The Morgan fingerprint density at radius 3 is 2.67 bits per heavy atom. The first-order valence-corrected chi connectivity index (χ1v) is 4.65. The summed E-state index contributed by atoms with van der Waals surface area (Å²) in [4.78, 5) is 0. The molecule has 1 rings (SSSR count). The van der Waals surface area contributed by atoms with Gasteiger partial charge >= 0.3 is 0 Å². The first-order valence-electron chi connectivity index (χ1n) is 4.12. The van der Waals surface area contributed by atoms with Gasteiger partial charge in [0.15, 0.2) is 0 Å². The summed E-state index contributed by atoms with van der Waals surface area (Å²) in [6.07, 6.45) is 0. The summed E-state index contributed by atoms with van der Waals surface area (Å²) in [5, 5.41) is 0. The molecule has 0 saturated heterocycles. The number of hydrogen-bond donors (Lipinski definition) is 0. The number of rotatable bonds is 2. The lowest BCUT2D eigenvalue weighted by molar-refractivity contribution is 0.952. The second-order valence-corrected chi connectivity index (χ2v) is 3.45. The van der Waals surface area contributed by atoms with Crippen molar-refractivity contribution >= 4 is 11.6 Å². The minimum absolute atomic E-state index is 0.214. The van der Waals surface area contributed by atoms with Crippen molar-refractivity contribution in [2.45, 2.75) is 19.8 Å². The Kier molecular flexibility index (Phi) is 3.16. The first kappa shape index (κ1) is 9.60. The summed E-state index contributed by atoms with van der Waals surface area (Å²) < 4.78 is 0. The van der Waals surface area contributed by atoms with Gasteiger partial charge in [0, 0.05) is 5.88 Å². The summed E-state index contributed by atoms with van der Waals surface area (Å²) in [6, 6.07) is 6.27. The van der Waals surface area contributed by atoms with E-state index in [-0.39, 0.29) is 5.92 Å². The molecule has 1 unspecified atom stereocenters. The van der Waals surface area contributed by atoms with Crippen LogP contribution in [0.3, 0.4) is 0 Å². The Morgan fingerprint density at radius 1 is 1.42 bits per heavy atom. The van der Waals surface area contributed by atoms with Crippen molar-refractivity contribution in [1.29, 1.82) is 0 Å². The molecule has 0 N–H and O–H groups in total. The number of alkyl halides is 1. The van der Waals surface area contributed by atoms with E-state index in [1.54, 1.807) is 0 Å². The average molecular weight is 182 g/mol. The molecule has 0 bridgehead atoms. The SMILES string of the molecule is [CH2]C(CCl)c1cccc(C)c1C. The van der Waals surface area contributed by atoms with E-state index >= 15 is 0 Å². The summed E-state index contributed by atoms with van der Waals surface area (Å²) in [6.45, 7) is 8.23. The summed E-state index contributed by atoms with van der Waals surface area (Å²) in [5.41, 5.74) is 3.90. The van der Waals surface area contributed by atoms with Crippen molar-refractivity contribution in [3.8, 4) is 0 Å². The van der Waals surface area contributed by atoms with E-state index in [1.807, 2.05) is 0 Å². The smallest absolute Gasteiger partial charge is 0.0292 e. The standard InChI is InChI=1S/C11H14Cl/c1-8-5-4-6-11(10(8)3)9(2)7-12/h4-6,9H,2,7H2,1,3H3. The molecular formula is C11H14Cl. The highest BCUT2D eigenvalue weighted by Gasteiger charge is 2.07. The van der Waals surface area contributed by atoms with Crippen LogP contribution in [0, 0.1) is 20.8 Å². The number of aryl methyl sites for hydroxylation is 1. The molecule has 1 atom stereocenters. The molecule has 0 aliphatic heterocycles. The molecule has 65 valence electrons. The predicted octanol–water partition coefficient (Wildman–Crippen LogP) is 3.46. The second-order valence-electron chi connectivity index (χ2n) is 3.14. The van der Waals surface area contributed by atoms with Gasteiger partial charge in [-0.3, -0.25) is 0 Å². The lowest BCUT2D eigenvalue weighted by Crippen LogP contribution is -1.99. The molecule has 0 spiro atoms. The molecular weight excluding hydrogens is 168 g/mol. The van der Waals surface area contributed by atoms with Crippen LogP contribution in [0.1, 0.15) is 22.6 Å². The van der Waals surface area contributed by atoms with Gasteiger partial charge in [-0.25, -0.2) is 0 Å². The molecule has 0 aliphatic rings. The highest BCUT2D eigenvalue weighted by atomic mass is 35.5. The maximum atomic E-state index is 5.75. The molecule has 0 heterocycles. The molecule has 1 aromatic carbocycles. The van der Waals surface area contributed by atoms with Crippen LogP contribution in [0.2, 0.25) is 0 Å². The molecule has 0 fully saturated rings. The van der Waals surface area contributed by atoms with Gasteiger partial charge in [-0.15, -0.1) is 11.6 Å². The first-order chi connectivity index (χ1) is 5.66. The van der Waals surface area contributed by atoms with Gasteiger partial charge in [0.25, 0.3) is 0 Å². The Labute approximate surface area is 79.6 Å². The van der Waals surface area contributed by atoms with E-state index in [9.17, 15) is 0 Å². The van der Waals surface area contributed by atoms with Gasteiger partial charge < -0.3 is 0 Å². The summed E-state index contributed by atoms with van der Waals surface area (Å²) in [7, 11) is 0. The molecule has 0 aliphatic carbocycles. The highest BCUT2D eigenvalue weighted by molar-refractivity contribution is 6.18. The molecule has 0 nitrogen and oxygen atoms in total. The van der Waals surface area contributed by atoms with E-state index in [4.69, 9.17) is 11.6 Å². The fraction of sp³-hybridized carbons (Fsp3) is 0.364. The van der Waals surface area contributed by atoms with Crippen molar-refractivity contribution in [2.24, 2.45) is 0 Å². The van der Waals surface area contributed by atoms with Crippen LogP contribution in [0.5, 0.6) is 0 Å². The van der Waals surface area contributed by atoms with Crippen LogP contribution < -0.4 is 0 Å². The Bertz CT molecular complexity index is 266. The van der Waals surface area contributed by atoms with E-state index in [0.29, 0.717) is 5.88 Å². The Balaban J connectivity index is 3.07. The normalized spacial score (nSPS) is 13.0. The monoisotopic (exact) mass is 181 g/mol. The fourth-order valence-electron chi connectivity index (χ4n) is 1.30. The van der Waals surface area contributed by atoms with Gasteiger partial charge in [0.1, 0.15) is 0 Å². The van der Waals surface area contributed by atoms with Gasteiger partial charge in [0.2, 0.25) is 0 Å². The lowest BCUT2D eigenvalue weighted by atomic mass is 9.95. The predicted molar refractivity (Wildman–Crippen MR) is 54.7 cm³/mol. The van der Waals surface area contributed by atoms with Crippen LogP contribution in [-0.4, -0.2) is 5.88 Å². The zero-order valence-electron chi connectivity index (χ0n) is 7.60. The fourth-order valence-corrected chi connectivity index (χ4v) is 1.47. The van der Waals surface area contributed by atoms with Gasteiger partial charge in [-0.2, -0.15) is 0 Å². The third-order valence-corrected chi connectivity index (χ3v) is 2.65. The lowest BCUT2D eigenvalue weighted by Gasteiger charge is -2.12.